The van der Waals surface area contributed by atoms with Crippen molar-refractivity contribution in [1.82, 2.24) is 14.7 Å². The fourth-order valence-corrected chi connectivity index (χ4v) is 4.31. The summed E-state index contributed by atoms with van der Waals surface area (Å²) < 4.78 is 64.7. The molecule has 0 aliphatic carbocycles. The zero-order valence-corrected chi connectivity index (χ0v) is 18.7. The van der Waals surface area contributed by atoms with Crippen molar-refractivity contribution < 1.29 is 21.6 Å². The lowest BCUT2D eigenvalue weighted by Crippen LogP contribution is -2.18. The number of nitrogens with zero attached hydrogens (tertiary/aromatic N) is 3. The minimum atomic E-state index is -4.62. The summed E-state index contributed by atoms with van der Waals surface area (Å²) in [5, 5.41) is 3.74. The highest BCUT2D eigenvalue weighted by Crippen LogP contribution is 2.33. The van der Waals surface area contributed by atoms with Crippen molar-refractivity contribution in [2.45, 2.75) is 23.9 Å². The number of likely N-dealkylation sites (tertiary alicyclic amines) is 1. The van der Waals surface area contributed by atoms with E-state index >= 15 is 0 Å². The lowest BCUT2D eigenvalue weighted by atomic mass is 10.1. The lowest BCUT2D eigenvalue weighted by Gasteiger charge is -2.09. The van der Waals surface area contributed by atoms with Gasteiger partial charge in [0.05, 0.1) is 22.8 Å². The summed E-state index contributed by atoms with van der Waals surface area (Å²) in [5.41, 5.74) is 0.848. The van der Waals surface area contributed by atoms with Gasteiger partial charge in [0, 0.05) is 17.4 Å². The second kappa shape index (κ2) is 9.04. The highest BCUT2D eigenvalue weighted by molar-refractivity contribution is 7.90. The maximum absolute atomic E-state index is 13.4. The van der Waals surface area contributed by atoms with E-state index in [4.69, 9.17) is 0 Å². The van der Waals surface area contributed by atoms with E-state index in [1.54, 1.807) is 24.3 Å². The van der Waals surface area contributed by atoms with E-state index in [0.29, 0.717) is 17.8 Å². The van der Waals surface area contributed by atoms with Gasteiger partial charge in [0.1, 0.15) is 0 Å². The van der Waals surface area contributed by atoms with Crippen LogP contribution in [0, 0.1) is 11.8 Å². The molecule has 1 saturated heterocycles. The third-order valence-electron chi connectivity index (χ3n) is 5.42. The molecule has 2 aromatic carbocycles. The summed E-state index contributed by atoms with van der Waals surface area (Å²) in [7, 11) is -3.43. The fraction of sp³-hybridized carbons (Fsp3) is 0.292. The van der Waals surface area contributed by atoms with Gasteiger partial charge in [-0.3, -0.25) is 4.90 Å². The van der Waals surface area contributed by atoms with Gasteiger partial charge in [-0.1, -0.05) is 24.0 Å². The zero-order valence-electron chi connectivity index (χ0n) is 17.9. The first-order chi connectivity index (χ1) is 15.6. The molecule has 1 aliphatic rings. The Labute approximate surface area is 190 Å². The highest BCUT2D eigenvalue weighted by Gasteiger charge is 2.35. The van der Waals surface area contributed by atoms with Crippen LogP contribution in [0.5, 0.6) is 0 Å². The molecular weight excluding hydrogens is 451 g/mol. The van der Waals surface area contributed by atoms with E-state index in [9.17, 15) is 21.6 Å². The summed E-state index contributed by atoms with van der Waals surface area (Å²) >= 11 is 0. The maximum Gasteiger partial charge on any atom is 0.435 e. The molecule has 9 heteroatoms. The van der Waals surface area contributed by atoms with Crippen LogP contribution in [0.1, 0.15) is 24.1 Å². The molecule has 33 heavy (non-hydrogen) atoms. The molecule has 0 bridgehead atoms. The van der Waals surface area contributed by atoms with Crippen LogP contribution in [0.15, 0.2) is 59.5 Å². The number of rotatable bonds is 4. The van der Waals surface area contributed by atoms with E-state index in [2.05, 4.69) is 21.8 Å². The summed E-state index contributed by atoms with van der Waals surface area (Å²) in [6.45, 7) is 2.82. The Morgan fingerprint density at radius 1 is 1.00 bits per heavy atom. The van der Waals surface area contributed by atoms with Gasteiger partial charge in [-0.15, -0.1) is 0 Å². The zero-order chi connectivity index (χ0) is 23.6. The number of halogens is 3. The quantitative estimate of drug-likeness (QED) is 0.527. The molecular formula is C24H22F3N3O2S. The van der Waals surface area contributed by atoms with E-state index < -0.39 is 21.7 Å². The Bertz CT molecular complexity index is 1290. The van der Waals surface area contributed by atoms with Crippen LogP contribution in [-0.2, 0) is 16.0 Å². The van der Waals surface area contributed by atoms with Crippen LogP contribution < -0.4 is 0 Å². The van der Waals surface area contributed by atoms with Crippen LogP contribution in [0.4, 0.5) is 13.2 Å². The number of aromatic nitrogens is 2. The van der Waals surface area contributed by atoms with Crippen molar-refractivity contribution in [2.24, 2.45) is 0 Å². The second-order valence-electron chi connectivity index (χ2n) is 7.95. The first kappa shape index (κ1) is 23.1. The Kier molecular flexibility index (Phi) is 6.32. The van der Waals surface area contributed by atoms with Crippen LogP contribution in [0.25, 0.3) is 16.9 Å². The Morgan fingerprint density at radius 3 is 2.21 bits per heavy atom. The Morgan fingerprint density at radius 2 is 1.64 bits per heavy atom. The van der Waals surface area contributed by atoms with Gasteiger partial charge in [0.2, 0.25) is 0 Å². The minimum absolute atomic E-state index is 0.0767. The van der Waals surface area contributed by atoms with Crippen molar-refractivity contribution in [1.29, 1.82) is 0 Å². The molecule has 3 aromatic rings. The minimum Gasteiger partial charge on any atom is -0.292 e. The largest absolute Gasteiger partial charge is 0.435 e. The van der Waals surface area contributed by atoms with Gasteiger partial charge in [-0.2, -0.15) is 18.3 Å². The van der Waals surface area contributed by atoms with Crippen molar-refractivity contribution in [3.63, 3.8) is 0 Å². The number of alkyl halides is 3. The van der Waals surface area contributed by atoms with Crippen molar-refractivity contribution >= 4 is 9.84 Å². The van der Waals surface area contributed by atoms with Crippen LogP contribution >= 0.6 is 0 Å². The molecule has 4 rings (SSSR count). The molecule has 1 fully saturated rings. The van der Waals surface area contributed by atoms with E-state index in [-0.39, 0.29) is 10.6 Å². The molecule has 0 N–H and O–H groups in total. The van der Waals surface area contributed by atoms with Crippen LogP contribution in [-0.4, -0.2) is 49.0 Å². The van der Waals surface area contributed by atoms with Crippen LogP contribution in [0.2, 0.25) is 0 Å². The number of hydrogen-bond donors (Lipinski definition) is 0. The van der Waals surface area contributed by atoms with Crippen molar-refractivity contribution in [3.8, 4) is 28.8 Å². The highest BCUT2D eigenvalue weighted by atomic mass is 32.2. The topological polar surface area (TPSA) is 55.2 Å². The molecule has 0 atom stereocenters. The molecule has 0 spiro atoms. The smallest absolute Gasteiger partial charge is 0.292 e. The molecule has 2 heterocycles. The second-order valence-corrected chi connectivity index (χ2v) is 9.97. The number of sulfone groups is 1. The van der Waals surface area contributed by atoms with Gasteiger partial charge in [-0.05, 0) is 68.4 Å². The molecule has 172 valence electrons. The third kappa shape index (κ3) is 5.46. The van der Waals surface area contributed by atoms with E-state index in [1.165, 1.54) is 41.8 Å². The number of benzene rings is 2. The normalized spacial score (nSPS) is 14.8. The van der Waals surface area contributed by atoms with E-state index in [0.717, 1.165) is 31.0 Å². The maximum atomic E-state index is 13.4. The van der Waals surface area contributed by atoms with Gasteiger partial charge < -0.3 is 0 Å². The monoisotopic (exact) mass is 473 g/mol. The van der Waals surface area contributed by atoms with Gasteiger partial charge in [0.15, 0.2) is 15.5 Å². The van der Waals surface area contributed by atoms with Gasteiger partial charge in [-0.25, -0.2) is 13.1 Å². The van der Waals surface area contributed by atoms with Crippen molar-refractivity contribution in [2.75, 3.05) is 25.9 Å². The average Bonchev–Trinajstić information content (AvgIpc) is 3.44. The summed E-state index contributed by atoms with van der Waals surface area (Å²) in [5.74, 6) is 6.24. The van der Waals surface area contributed by atoms with E-state index in [1.807, 2.05) is 0 Å². The average molecular weight is 474 g/mol. The molecule has 1 aliphatic heterocycles. The van der Waals surface area contributed by atoms with Crippen molar-refractivity contribution in [3.05, 3.63) is 65.9 Å². The molecule has 0 saturated carbocycles. The summed E-state index contributed by atoms with van der Waals surface area (Å²) in [6, 6.07) is 13.5. The SMILES string of the molecule is CS(=O)(=O)c1ccc(-n2nc(C(F)(F)F)cc2-c2ccc(C#CCN3CCCC3)cc2)cc1. The van der Waals surface area contributed by atoms with Crippen LogP contribution in [0.3, 0.4) is 0 Å². The molecule has 0 radical (unpaired) electrons. The first-order valence-corrected chi connectivity index (χ1v) is 12.3. The molecule has 5 nitrogen and oxygen atoms in total. The number of hydrogen-bond acceptors (Lipinski definition) is 4. The summed E-state index contributed by atoms with van der Waals surface area (Å²) in [6.07, 6.45) is -1.16. The Hall–Kier alpha value is -3.09. The molecule has 0 amide bonds. The van der Waals surface area contributed by atoms with Gasteiger partial charge in [0.25, 0.3) is 0 Å². The predicted octanol–water partition coefficient (Wildman–Crippen LogP) is 4.41. The first-order valence-electron chi connectivity index (χ1n) is 10.4. The predicted molar refractivity (Wildman–Crippen MR) is 120 cm³/mol. The summed E-state index contributed by atoms with van der Waals surface area (Å²) in [4.78, 5) is 2.36. The Balaban J connectivity index is 1.65. The third-order valence-corrected chi connectivity index (χ3v) is 6.55. The molecule has 0 unspecified atom stereocenters. The van der Waals surface area contributed by atoms with Gasteiger partial charge >= 0.3 is 6.18 Å². The fourth-order valence-electron chi connectivity index (χ4n) is 3.68. The lowest BCUT2D eigenvalue weighted by molar-refractivity contribution is -0.141. The standard InChI is InChI=1S/C24H22F3N3O2S/c1-33(31,32)21-12-10-20(11-13-21)30-22(17-23(28-30)24(25,26)27)19-8-6-18(7-9-19)5-4-16-29-14-2-3-15-29/h6-13,17H,2-3,14-16H2,1H3. The molecule has 1 aromatic heterocycles.